The van der Waals surface area contributed by atoms with Gasteiger partial charge >= 0.3 is 89.4 Å². The fraction of sp³-hybridized carbons (Fsp3) is 0. The van der Waals surface area contributed by atoms with Gasteiger partial charge in [-0.1, -0.05) is 0 Å². The van der Waals surface area contributed by atoms with Gasteiger partial charge in [-0.25, -0.2) is 0 Å². The molecule has 0 fully saturated rings. The van der Waals surface area contributed by atoms with E-state index in [4.69, 9.17) is 17.8 Å². The van der Waals surface area contributed by atoms with E-state index in [0.717, 1.165) is 0 Å². The molecule has 0 radical (unpaired) electrons. The van der Waals surface area contributed by atoms with Gasteiger partial charge in [0.2, 0.25) is 0 Å². The molecule has 0 amide bonds. The minimum atomic E-state index is -0.267. The Balaban J connectivity index is 2.80. The van der Waals surface area contributed by atoms with E-state index in [0.29, 0.717) is 0 Å². The van der Waals surface area contributed by atoms with Crippen LogP contribution < -0.4 is 40.2 Å². The number of hydrogen-bond donors (Lipinski definition) is 0. The summed E-state index contributed by atoms with van der Waals surface area (Å²) >= 11 is -0.535. The summed E-state index contributed by atoms with van der Waals surface area (Å²) < 4.78 is 2.52. The van der Waals surface area contributed by atoms with Crippen molar-refractivity contribution in [3.63, 3.8) is 0 Å². The average molecular weight is 401 g/mol. The summed E-state index contributed by atoms with van der Waals surface area (Å²) in [7, 11) is 11.4. The van der Waals surface area contributed by atoms with Gasteiger partial charge in [0.25, 0.3) is 0 Å². The molecule has 0 unspecified atom stereocenters. The fourth-order valence-corrected chi connectivity index (χ4v) is 3.07. The zero-order valence-corrected chi connectivity index (χ0v) is 10.6. The van der Waals surface area contributed by atoms with Gasteiger partial charge in [0.15, 0.2) is 0 Å². The van der Waals surface area contributed by atoms with Gasteiger partial charge in [-0.15, -0.1) is 0 Å². The monoisotopic (exact) mass is 400 g/mol. The maximum absolute atomic E-state index is 5.71. The summed E-state index contributed by atoms with van der Waals surface area (Å²) in [5, 5.41) is 0. The Morgan fingerprint density at radius 2 is 1.10 bits per heavy atom. The van der Waals surface area contributed by atoms with Crippen LogP contribution in [0.4, 0.5) is 0 Å². The van der Waals surface area contributed by atoms with Crippen molar-refractivity contribution < 1.29 is 40.2 Å². The van der Waals surface area contributed by atoms with Crippen LogP contribution in [-0.2, 0) is 0 Å². The van der Waals surface area contributed by atoms with Crippen molar-refractivity contribution >= 4 is 17.8 Å². The summed E-state index contributed by atoms with van der Waals surface area (Å²) in [5.74, 6) is 0. The molecule has 1 aromatic rings. The number of benzene rings is 1. The quantitative estimate of drug-likeness (QED) is 0.452. The van der Waals surface area contributed by atoms with Crippen LogP contribution in [0.5, 0.6) is 0 Å². The number of rotatable bonds is 2. The molecule has 0 spiro atoms. The second-order valence-electron chi connectivity index (χ2n) is 1.58. The molecule has 0 saturated carbocycles. The Hall–Kier alpha value is 1.26. The van der Waals surface area contributed by atoms with Gasteiger partial charge in [-0.05, 0) is 0 Å². The zero-order valence-electron chi connectivity index (χ0n) is 4.82. The molecule has 1 rings (SSSR count). The molecule has 0 bridgehead atoms. The summed E-state index contributed by atoms with van der Waals surface area (Å²) in [6.07, 6.45) is 0. The number of halogens is 4. The fourth-order valence-electron chi connectivity index (χ4n) is 0.525. The molecule has 0 atom stereocenters. The van der Waals surface area contributed by atoms with Crippen LogP contribution in [0, 0.1) is 7.14 Å². The Morgan fingerprint density at radius 1 is 0.800 bits per heavy atom. The molecular formula is C6H4Cl2I2-2. The molecule has 4 heteroatoms. The second kappa shape index (κ2) is 5.00. The van der Waals surface area contributed by atoms with Crippen molar-refractivity contribution in [2.45, 2.75) is 0 Å². The Kier molecular flexibility index (Phi) is 4.68. The maximum atomic E-state index is 5.71. The van der Waals surface area contributed by atoms with Gasteiger partial charge < -0.3 is 0 Å². The predicted molar refractivity (Wildman–Crippen MR) is 35.5 cm³/mol. The molecule has 0 aromatic heterocycles. The SMILES string of the molecule is Cl[I-]c1ccc([I-]Cl)cc1. The summed E-state index contributed by atoms with van der Waals surface area (Å²) in [6, 6.07) is 8.27. The van der Waals surface area contributed by atoms with Gasteiger partial charge in [0.1, 0.15) is 0 Å². The van der Waals surface area contributed by atoms with Crippen molar-refractivity contribution in [2.24, 2.45) is 0 Å². The zero-order chi connectivity index (χ0) is 7.40. The Labute approximate surface area is 88.2 Å². The van der Waals surface area contributed by atoms with Crippen molar-refractivity contribution in [3.8, 4) is 0 Å². The average Bonchev–Trinajstić information content (AvgIpc) is 2.05. The van der Waals surface area contributed by atoms with Crippen molar-refractivity contribution in [3.05, 3.63) is 31.4 Å². The molecule has 0 saturated heterocycles. The standard InChI is InChI=1S/C6H4Cl2I2/c7-9-5-1-2-6(10-8)4-3-5/h1-4H/q-2. The third-order valence-electron chi connectivity index (χ3n) is 0.969. The van der Waals surface area contributed by atoms with E-state index in [9.17, 15) is 0 Å². The van der Waals surface area contributed by atoms with Crippen LogP contribution in [0.1, 0.15) is 0 Å². The molecule has 0 aliphatic carbocycles. The first-order valence-electron chi connectivity index (χ1n) is 2.49. The van der Waals surface area contributed by atoms with Crippen molar-refractivity contribution in [1.82, 2.24) is 0 Å². The van der Waals surface area contributed by atoms with E-state index in [2.05, 4.69) is 24.3 Å². The number of hydrogen-bond acceptors (Lipinski definition) is 0. The Bertz CT molecular complexity index is 174. The van der Waals surface area contributed by atoms with E-state index in [-0.39, 0.29) is 40.2 Å². The molecule has 0 nitrogen and oxygen atoms in total. The third kappa shape index (κ3) is 2.71. The van der Waals surface area contributed by atoms with Crippen LogP contribution in [0.15, 0.2) is 24.3 Å². The molecule has 0 aliphatic rings. The molecule has 0 N–H and O–H groups in total. The van der Waals surface area contributed by atoms with E-state index in [1.807, 2.05) is 0 Å². The van der Waals surface area contributed by atoms with Gasteiger partial charge in [-0.2, -0.15) is 0 Å². The summed E-state index contributed by atoms with van der Waals surface area (Å²) in [6.45, 7) is 0. The first-order valence-corrected chi connectivity index (χ1v) is 10.1. The van der Waals surface area contributed by atoms with E-state index >= 15 is 0 Å². The van der Waals surface area contributed by atoms with Crippen LogP contribution in [0.2, 0.25) is 0 Å². The van der Waals surface area contributed by atoms with Gasteiger partial charge in [-0.3, -0.25) is 0 Å². The first-order chi connectivity index (χ1) is 4.86. The van der Waals surface area contributed by atoms with Crippen LogP contribution in [-0.4, -0.2) is 0 Å². The molecule has 1 aromatic carbocycles. The Morgan fingerprint density at radius 3 is 1.30 bits per heavy atom. The van der Waals surface area contributed by atoms with Crippen LogP contribution in [0.25, 0.3) is 0 Å². The van der Waals surface area contributed by atoms with E-state index < -0.39 is 0 Å². The molecular weight excluding hydrogens is 397 g/mol. The minimum absolute atomic E-state index is 0.267. The van der Waals surface area contributed by atoms with Crippen LogP contribution >= 0.6 is 17.8 Å². The van der Waals surface area contributed by atoms with E-state index in [1.54, 1.807) is 0 Å². The third-order valence-corrected chi connectivity index (χ3v) is 5.56. The molecule has 10 heavy (non-hydrogen) atoms. The second-order valence-corrected chi connectivity index (χ2v) is 6.80. The topological polar surface area (TPSA) is 0 Å². The van der Waals surface area contributed by atoms with Crippen LogP contribution in [0.3, 0.4) is 0 Å². The molecule has 58 valence electrons. The summed E-state index contributed by atoms with van der Waals surface area (Å²) in [4.78, 5) is 0. The van der Waals surface area contributed by atoms with Gasteiger partial charge in [0, 0.05) is 0 Å². The molecule has 0 aliphatic heterocycles. The summed E-state index contributed by atoms with van der Waals surface area (Å²) in [5.41, 5.74) is 0. The van der Waals surface area contributed by atoms with Gasteiger partial charge in [0.05, 0.1) is 0 Å². The van der Waals surface area contributed by atoms with E-state index in [1.165, 1.54) is 7.14 Å². The predicted octanol–water partition coefficient (Wildman–Crippen LogP) is -3.49. The first kappa shape index (κ1) is 9.35. The normalized spacial score (nSPS) is 10.6. The molecule has 0 heterocycles. The van der Waals surface area contributed by atoms with Crippen molar-refractivity contribution in [1.29, 1.82) is 0 Å². The van der Waals surface area contributed by atoms with Crippen molar-refractivity contribution in [2.75, 3.05) is 0 Å².